The number of benzene rings is 2. The number of ether oxygens (including phenoxy) is 1. The number of hydrogen-bond acceptors (Lipinski definition) is 4. The Morgan fingerprint density at radius 3 is 2.21 bits per heavy atom. The van der Waals surface area contributed by atoms with Crippen LogP contribution in [0.1, 0.15) is 30.1 Å². The molecule has 2 aromatic carbocycles. The summed E-state index contributed by atoms with van der Waals surface area (Å²) in [6.45, 7) is 1.19. The van der Waals surface area contributed by atoms with Gasteiger partial charge in [0.15, 0.2) is 29.3 Å². The van der Waals surface area contributed by atoms with Gasteiger partial charge < -0.3 is 10.1 Å². The molecule has 0 aromatic heterocycles. The van der Waals surface area contributed by atoms with Gasteiger partial charge in [-0.3, -0.25) is 14.4 Å². The topological polar surface area (TPSA) is 72.5 Å². The largest absolute Gasteiger partial charge is 0.453 e. The molecule has 0 saturated carbocycles. The second-order valence-corrected chi connectivity index (χ2v) is 5.77. The number of anilines is 1. The molecular formula is C19H15F4NO4. The van der Waals surface area contributed by atoms with Crippen molar-refractivity contribution >= 4 is 23.3 Å². The Morgan fingerprint density at radius 2 is 1.57 bits per heavy atom. The van der Waals surface area contributed by atoms with E-state index in [0.29, 0.717) is 6.07 Å². The van der Waals surface area contributed by atoms with E-state index < -0.39 is 52.7 Å². The SMILES string of the molecule is C[C@@H](OC(=O)CCC(=O)c1ccc(F)cc1)C(=O)Nc1ccc(F)c(F)c1F. The second-order valence-electron chi connectivity index (χ2n) is 5.77. The van der Waals surface area contributed by atoms with Crippen LogP contribution >= 0.6 is 0 Å². The Kier molecular flexibility index (Phi) is 6.86. The van der Waals surface area contributed by atoms with Crippen LogP contribution in [-0.4, -0.2) is 23.8 Å². The number of nitrogens with one attached hydrogen (secondary N) is 1. The molecule has 28 heavy (non-hydrogen) atoms. The van der Waals surface area contributed by atoms with Crippen molar-refractivity contribution in [2.75, 3.05) is 5.32 Å². The minimum absolute atomic E-state index is 0.216. The van der Waals surface area contributed by atoms with Gasteiger partial charge in [-0.05, 0) is 43.3 Å². The zero-order valence-electron chi connectivity index (χ0n) is 14.6. The number of esters is 1. The third kappa shape index (κ3) is 5.38. The molecule has 1 N–H and O–H groups in total. The summed E-state index contributed by atoms with van der Waals surface area (Å²) in [5.41, 5.74) is -0.396. The molecule has 0 unspecified atom stereocenters. The molecule has 0 radical (unpaired) electrons. The van der Waals surface area contributed by atoms with E-state index in [2.05, 4.69) is 0 Å². The van der Waals surface area contributed by atoms with E-state index in [4.69, 9.17) is 4.74 Å². The summed E-state index contributed by atoms with van der Waals surface area (Å²) in [7, 11) is 0. The summed E-state index contributed by atoms with van der Waals surface area (Å²) in [6, 6.07) is 6.21. The van der Waals surface area contributed by atoms with E-state index in [1.54, 1.807) is 0 Å². The summed E-state index contributed by atoms with van der Waals surface area (Å²) in [4.78, 5) is 35.6. The van der Waals surface area contributed by atoms with Gasteiger partial charge in [0, 0.05) is 12.0 Å². The summed E-state index contributed by atoms with van der Waals surface area (Å²) < 4.78 is 57.2. The number of halogens is 4. The molecule has 148 valence electrons. The molecule has 0 aliphatic rings. The summed E-state index contributed by atoms with van der Waals surface area (Å²) in [6.07, 6.45) is -1.94. The predicted molar refractivity (Wildman–Crippen MR) is 90.5 cm³/mol. The standard InChI is InChI=1S/C19H15F4NO4/c1-10(19(27)24-14-7-6-13(21)17(22)18(14)23)28-16(26)9-8-15(25)11-2-4-12(20)5-3-11/h2-7,10H,8-9H2,1H3,(H,24,27)/t10-/m1/s1. The number of rotatable bonds is 7. The second kappa shape index (κ2) is 9.12. The van der Waals surface area contributed by atoms with Gasteiger partial charge in [-0.15, -0.1) is 0 Å². The first kappa shape index (κ1) is 21.1. The van der Waals surface area contributed by atoms with E-state index in [-0.39, 0.29) is 18.4 Å². The van der Waals surface area contributed by atoms with Crippen LogP contribution in [0.25, 0.3) is 0 Å². The molecule has 0 aliphatic carbocycles. The maximum absolute atomic E-state index is 13.5. The normalized spacial score (nSPS) is 11.6. The van der Waals surface area contributed by atoms with Crippen LogP contribution < -0.4 is 5.32 Å². The minimum atomic E-state index is -1.75. The van der Waals surface area contributed by atoms with Gasteiger partial charge in [0.05, 0.1) is 12.1 Å². The Bertz CT molecular complexity index is 900. The van der Waals surface area contributed by atoms with Crippen LogP contribution in [0.4, 0.5) is 23.2 Å². The third-order valence-corrected chi connectivity index (χ3v) is 3.69. The van der Waals surface area contributed by atoms with Gasteiger partial charge in [-0.1, -0.05) is 0 Å². The lowest BCUT2D eigenvalue weighted by molar-refractivity contribution is -0.153. The number of carbonyl (C=O) groups excluding carboxylic acids is 3. The van der Waals surface area contributed by atoms with Crippen molar-refractivity contribution in [3.63, 3.8) is 0 Å². The first-order valence-corrected chi connectivity index (χ1v) is 8.11. The van der Waals surface area contributed by atoms with E-state index in [1.165, 1.54) is 19.1 Å². The molecule has 1 amide bonds. The van der Waals surface area contributed by atoms with Gasteiger partial charge in [-0.25, -0.2) is 17.6 Å². The third-order valence-electron chi connectivity index (χ3n) is 3.69. The van der Waals surface area contributed by atoms with Crippen molar-refractivity contribution in [1.29, 1.82) is 0 Å². The number of ketones is 1. The molecule has 5 nitrogen and oxygen atoms in total. The van der Waals surface area contributed by atoms with E-state index >= 15 is 0 Å². The van der Waals surface area contributed by atoms with Crippen molar-refractivity contribution in [3.8, 4) is 0 Å². The van der Waals surface area contributed by atoms with Crippen LogP contribution in [0, 0.1) is 23.3 Å². The zero-order valence-corrected chi connectivity index (χ0v) is 14.6. The van der Waals surface area contributed by atoms with Gasteiger partial charge in [0.25, 0.3) is 5.91 Å². The van der Waals surface area contributed by atoms with Crippen molar-refractivity contribution in [2.24, 2.45) is 0 Å². The predicted octanol–water partition coefficient (Wildman–Crippen LogP) is 3.78. The zero-order chi connectivity index (χ0) is 20.8. The van der Waals surface area contributed by atoms with Gasteiger partial charge >= 0.3 is 5.97 Å². The van der Waals surface area contributed by atoms with Crippen LogP contribution in [0.5, 0.6) is 0 Å². The molecule has 0 bridgehead atoms. The van der Waals surface area contributed by atoms with Crippen LogP contribution in [-0.2, 0) is 14.3 Å². The van der Waals surface area contributed by atoms with Crippen LogP contribution in [0.15, 0.2) is 36.4 Å². The highest BCUT2D eigenvalue weighted by atomic mass is 19.2. The summed E-state index contributed by atoms with van der Waals surface area (Å²) in [5, 5.41) is 1.98. The highest BCUT2D eigenvalue weighted by Crippen LogP contribution is 2.20. The van der Waals surface area contributed by atoms with Crippen molar-refractivity contribution in [2.45, 2.75) is 25.9 Å². The molecule has 9 heteroatoms. The average molecular weight is 397 g/mol. The Morgan fingerprint density at radius 1 is 0.929 bits per heavy atom. The molecule has 0 aliphatic heterocycles. The monoisotopic (exact) mass is 397 g/mol. The van der Waals surface area contributed by atoms with E-state index in [9.17, 15) is 31.9 Å². The number of hydrogen-bond donors (Lipinski definition) is 1. The van der Waals surface area contributed by atoms with Gasteiger partial charge in [0.2, 0.25) is 0 Å². The molecule has 2 aromatic rings. The molecule has 0 saturated heterocycles. The first-order chi connectivity index (χ1) is 13.2. The fourth-order valence-corrected chi connectivity index (χ4v) is 2.16. The molecule has 0 heterocycles. The fourth-order valence-electron chi connectivity index (χ4n) is 2.16. The highest BCUT2D eigenvalue weighted by molar-refractivity contribution is 5.98. The fraction of sp³-hybridized carbons (Fsp3) is 0.211. The van der Waals surface area contributed by atoms with Gasteiger partial charge in [0.1, 0.15) is 5.82 Å². The highest BCUT2D eigenvalue weighted by Gasteiger charge is 2.21. The van der Waals surface area contributed by atoms with E-state index in [1.807, 2.05) is 5.32 Å². The average Bonchev–Trinajstić information content (AvgIpc) is 2.67. The van der Waals surface area contributed by atoms with E-state index in [0.717, 1.165) is 18.2 Å². The Hall–Kier alpha value is -3.23. The summed E-state index contributed by atoms with van der Waals surface area (Å²) >= 11 is 0. The minimum Gasteiger partial charge on any atom is -0.453 e. The first-order valence-electron chi connectivity index (χ1n) is 8.11. The van der Waals surface area contributed by atoms with Gasteiger partial charge in [-0.2, -0.15) is 0 Å². The molecular weight excluding hydrogens is 382 g/mol. The number of carbonyl (C=O) groups is 3. The van der Waals surface area contributed by atoms with Crippen molar-refractivity contribution in [3.05, 3.63) is 65.2 Å². The lowest BCUT2D eigenvalue weighted by atomic mass is 10.1. The lowest BCUT2D eigenvalue weighted by Gasteiger charge is -2.14. The molecule has 1 atom stereocenters. The molecule has 2 rings (SSSR count). The molecule has 0 fully saturated rings. The smallest absolute Gasteiger partial charge is 0.307 e. The number of Topliss-reactive ketones (excluding diaryl/α,β-unsaturated/α-hetero) is 1. The number of amides is 1. The summed E-state index contributed by atoms with van der Waals surface area (Å²) in [5.74, 6) is -7.52. The van der Waals surface area contributed by atoms with Crippen LogP contribution in [0.2, 0.25) is 0 Å². The lowest BCUT2D eigenvalue weighted by Crippen LogP contribution is -2.30. The Balaban J connectivity index is 1.86. The quantitative estimate of drug-likeness (QED) is 0.334. The maximum atomic E-state index is 13.5. The maximum Gasteiger partial charge on any atom is 0.307 e. The van der Waals surface area contributed by atoms with Crippen molar-refractivity contribution in [1.82, 2.24) is 0 Å². The van der Waals surface area contributed by atoms with Crippen LogP contribution in [0.3, 0.4) is 0 Å². The Labute approximate surface area is 157 Å². The molecule has 0 spiro atoms. The van der Waals surface area contributed by atoms with Crippen molar-refractivity contribution < 1.29 is 36.7 Å².